The summed E-state index contributed by atoms with van der Waals surface area (Å²) in [6.07, 6.45) is 0.729. The number of hydrogen-bond donors (Lipinski definition) is 1. The average Bonchev–Trinajstić information content (AvgIpc) is 3.07. The molecule has 1 unspecified atom stereocenters. The van der Waals surface area contributed by atoms with Gasteiger partial charge in [-0.25, -0.2) is 9.50 Å². The molecule has 2 aromatic rings. The Hall–Kier alpha value is -2.55. The largest absolute Gasteiger partial charge is 0.365 e. The minimum atomic E-state index is -0.691. The van der Waals surface area contributed by atoms with Gasteiger partial charge in [0.1, 0.15) is 12.0 Å². The standard InChI is InChI=1S/C18H26N6O3/c1-11(2)13-8-12(21-17-19-10-20-24(13)17)16(26)23-6-7-27-14(9-23)15(25)22-18(3,4)5/h8,10-11,14H,6-7,9H2,1-5H3,(H,22,25). The number of carbonyl (C=O) groups excluding carboxylic acids is 2. The van der Waals surface area contributed by atoms with Gasteiger partial charge in [0.2, 0.25) is 0 Å². The predicted octanol–water partition coefficient (Wildman–Crippen LogP) is 1.00. The molecule has 0 aromatic carbocycles. The molecule has 1 aliphatic heterocycles. The van der Waals surface area contributed by atoms with Crippen LogP contribution in [0.25, 0.3) is 5.78 Å². The SMILES string of the molecule is CC(C)c1cc(C(=O)N2CCOC(C(=O)NC(C)(C)C)C2)nc2ncnn12. The first kappa shape index (κ1) is 19.2. The second-order valence-corrected chi connectivity index (χ2v) is 8.04. The highest BCUT2D eigenvalue weighted by molar-refractivity contribution is 5.93. The fourth-order valence-electron chi connectivity index (χ4n) is 2.96. The fraction of sp³-hybridized carbons (Fsp3) is 0.611. The summed E-state index contributed by atoms with van der Waals surface area (Å²) in [6.45, 7) is 10.7. The van der Waals surface area contributed by atoms with E-state index in [1.165, 1.54) is 6.33 Å². The van der Waals surface area contributed by atoms with Crippen molar-refractivity contribution in [1.29, 1.82) is 0 Å². The summed E-state index contributed by atoms with van der Waals surface area (Å²) < 4.78 is 7.21. The van der Waals surface area contributed by atoms with Crippen LogP contribution in [0.4, 0.5) is 0 Å². The van der Waals surface area contributed by atoms with Crippen LogP contribution in [0.15, 0.2) is 12.4 Å². The Morgan fingerprint density at radius 2 is 2.07 bits per heavy atom. The first-order chi connectivity index (χ1) is 12.7. The van der Waals surface area contributed by atoms with Crippen molar-refractivity contribution in [2.24, 2.45) is 0 Å². The van der Waals surface area contributed by atoms with E-state index in [1.807, 2.05) is 34.6 Å². The third-order valence-corrected chi connectivity index (χ3v) is 4.23. The predicted molar refractivity (Wildman–Crippen MR) is 98.4 cm³/mol. The summed E-state index contributed by atoms with van der Waals surface area (Å²) in [5.74, 6) is 0.0848. The molecule has 0 radical (unpaired) electrons. The van der Waals surface area contributed by atoms with Crippen molar-refractivity contribution in [3.63, 3.8) is 0 Å². The first-order valence-corrected chi connectivity index (χ1v) is 9.09. The van der Waals surface area contributed by atoms with Crippen LogP contribution in [0.1, 0.15) is 56.7 Å². The van der Waals surface area contributed by atoms with Gasteiger partial charge in [-0.3, -0.25) is 9.59 Å². The lowest BCUT2D eigenvalue weighted by atomic mass is 10.1. The zero-order valence-corrected chi connectivity index (χ0v) is 16.4. The number of nitrogens with one attached hydrogen (secondary N) is 1. The Balaban J connectivity index is 1.81. The molecule has 1 N–H and O–H groups in total. The van der Waals surface area contributed by atoms with Gasteiger partial charge < -0.3 is 15.0 Å². The van der Waals surface area contributed by atoms with E-state index in [0.29, 0.717) is 24.6 Å². The van der Waals surface area contributed by atoms with Gasteiger partial charge in [0.05, 0.1) is 18.8 Å². The van der Waals surface area contributed by atoms with Crippen molar-refractivity contribution in [1.82, 2.24) is 29.8 Å². The summed E-state index contributed by atoms with van der Waals surface area (Å²) in [5, 5.41) is 7.06. The highest BCUT2D eigenvalue weighted by atomic mass is 16.5. The number of hydrogen-bond acceptors (Lipinski definition) is 6. The number of aromatic nitrogens is 4. The molecule has 2 aromatic heterocycles. The molecule has 1 atom stereocenters. The molecular weight excluding hydrogens is 348 g/mol. The van der Waals surface area contributed by atoms with Crippen LogP contribution in [0.3, 0.4) is 0 Å². The second-order valence-electron chi connectivity index (χ2n) is 8.04. The lowest BCUT2D eigenvalue weighted by molar-refractivity contribution is -0.138. The Bertz CT molecular complexity index is 854. The first-order valence-electron chi connectivity index (χ1n) is 9.09. The second kappa shape index (κ2) is 7.22. The van der Waals surface area contributed by atoms with Crippen molar-refractivity contribution in [2.45, 2.75) is 52.2 Å². The molecule has 0 bridgehead atoms. The third-order valence-electron chi connectivity index (χ3n) is 4.23. The summed E-state index contributed by atoms with van der Waals surface area (Å²) in [5.41, 5.74) is 0.798. The molecular formula is C18H26N6O3. The molecule has 0 spiro atoms. The minimum Gasteiger partial charge on any atom is -0.365 e. The number of fused-ring (bicyclic) bond motifs is 1. The average molecular weight is 374 g/mol. The molecule has 3 rings (SSSR count). The van der Waals surface area contributed by atoms with Gasteiger partial charge in [-0.2, -0.15) is 10.1 Å². The van der Waals surface area contributed by atoms with E-state index in [2.05, 4.69) is 20.4 Å². The summed E-state index contributed by atoms with van der Waals surface area (Å²) in [4.78, 5) is 35.5. The molecule has 1 aliphatic rings. The van der Waals surface area contributed by atoms with E-state index in [0.717, 1.165) is 5.69 Å². The van der Waals surface area contributed by atoms with E-state index < -0.39 is 6.10 Å². The highest BCUT2D eigenvalue weighted by Gasteiger charge is 2.32. The normalized spacial score (nSPS) is 18.1. The van der Waals surface area contributed by atoms with Crippen molar-refractivity contribution in [2.75, 3.05) is 19.7 Å². The molecule has 2 amide bonds. The van der Waals surface area contributed by atoms with Crippen LogP contribution < -0.4 is 5.32 Å². The summed E-state index contributed by atoms with van der Waals surface area (Å²) in [7, 11) is 0. The highest BCUT2D eigenvalue weighted by Crippen LogP contribution is 2.18. The van der Waals surface area contributed by atoms with Crippen LogP contribution >= 0.6 is 0 Å². The van der Waals surface area contributed by atoms with Crippen molar-refractivity contribution in [3.05, 3.63) is 23.8 Å². The quantitative estimate of drug-likeness (QED) is 0.860. The van der Waals surface area contributed by atoms with Gasteiger partial charge in [0.25, 0.3) is 17.6 Å². The topological polar surface area (TPSA) is 102 Å². The van der Waals surface area contributed by atoms with Gasteiger partial charge >= 0.3 is 0 Å². The number of morpholine rings is 1. The lowest BCUT2D eigenvalue weighted by Gasteiger charge is -2.33. The smallest absolute Gasteiger partial charge is 0.272 e. The van der Waals surface area contributed by atoms with Crippen LogP contribution in [0, 0.1) is 0 Å². The van der Waals surface area contributed by atoms with Crippen LogP contribution in [-0.4, -0.2) is 67.6 Å². The van der Waals surface area contributed by atoms with Crippen LogP contribution in [0.5, 0.6) is 0 Å². The summed E-state index contributed by atoms with van der Waals surface area (Å²) in [6, 6.07) is 1.74. The number of ether oxygens (including phenoxy) is 1. The molecule has 1 fully saturated rings. The van der Waals surface area contributed by atoms with E-state index in [-0.39, 0.29) is 29.8 Å². The molecule has 9 heteroatoms. The van der Waals surface area contributed by atoms with Crippen LogP contribution in [0.2, 0.25) is 0 Å². The van der Waals surface area contributed by atoms with Gasteiger partial charge in [-0.1, -0.05) is 13.8 Å². The van der Waals surface area contributed by atoms with E-state index in [4.69, 9.17) is 4.74 Å². The molecule has 27 heavy (non-hydrogen) atoms. The van der Waals surface area contributed by atoms with E-state index in [9.17, 15) is 9.59 Å². The molecule has 0 aliphatic carbocycles. The third kappa shape index (κ3) is 4.24. The Morgan fingerprint density at radius 3 is 2.74 bits per heavy atom. The van der Waals surface area contributed by atoms with Crippen molar-refractivity contribution in [3.8, 4) is 0 Å². The molecule has 3 heterocycles. The zero-order chi connectivity index (χ0) is 19.8. The Labute approximate surface area is 158 Å². The number of carbonyl (C=O) groups is 2. The molecule has 146 valence electrons. The Kier molecular flexibility index (Phi) is 5.14. The zero-order valence-electron chi connectivity index (χ0n) is 16.4. The Morgan fingerprint density at radius 1 is 1.33 bits per heavy atom. The maximum atomic E-state index is 13.0. The lowest BCUT2D eigenvalue weighted by Crippen LogP contribution is -2.54. The maximum Gasteiger partial charge on any atom is 0.272 e. The number of amides is 2. The number of nitrogens with zero attached hydrogens (tertiary/aromatic N) is 5. The molecule has 1 saturated heterocycles. The van der Waals surface area contributed by atoms with E-state index in [1.54, 1.807) is 15.5 Å². The van der Waals surface area contributed by atoms with Crippen molar-refractivity contribution >= 4 is 17.6 Å². The summed E-state index contributed by atoms with van der Waals surface area (Å²) >= 11 is 0. The fourth-order valence-corrected chi connectivity index (χ4v) is 2.96. The van der Waals surface area contributed by atoms with Gasteiger partial charge in [0, 0.05) is 12.1 Å². The van der Waals surface area contributed by atoms with Crippen molar-refractivity contribution < 1.29 is 14.3 Å². The number of rotatable bonds is 3. The van der Waals surface area contributed by atoms with Gasteiger partial charge in [-0.15, -0.1) is 0 Å². The monoisotopic (exact) mass is 374 g/mol. The van der Waals surface area contributed by atoms with E-state index >= 15 is 0 Å². The van der Waals surface area contributed by atoms with Gasteiger partial charge in [-0.05, 0) is 32.8 Å². The molecule has 9 nitrogen and oxygen atoms in total. The molecule has 0 saturated carbocycles. The van der Waals surface area contributed by atoms with Crippen LogP contribution in [-0.2, 0) is 9.53 Å². The maximum absolute atomic E-state index is 13.0. The van der Waals surface area contributed by atoms with Gasteiger partial charge in [0.15, 0.2) is 6.10 Å². The minimum absolute atomic E-state index is 0.152.